The molecule has 4 rings (SSSR count). The van der Waals surface area contributed by atoms with Crippen molar-refractivity contribution in [3.63, 3.8) is 0 Å². The van der Waals surface area contributed by atoms with E-state index in [1.165, 1.54) is 5.56 Å². The van der Waals surface area contributed by atoms with Crippen molar-refractivity contribution in [2.45, 2.75) is 43.9 Å². The van der Waals surface area contributed by atoms with E-state index in [1.54, 1.807) is 16.4 Å². The molecule has 6 nitrogen and oxygen atoms in total. The van der Waals surface area contributed by atoms with Gasteiger partial charge in [-0.1, -0.05) is 44.2 Å². The van der Waals surface area contributed by atoms with Gasteiger partial charge in [0.1, 0.15) is 0 Å². The summed E-state index contributed by atoms with van der Waals surface area (Å²) in [5.41, 5.74) is 3.40. The standard InChI is InChI=1S/C25H33N3O3S/c1-3-20(2)21-10-12-23(13-11-21)32(30,31)27-17-15-26(16-18-27)19-25(29)28-14-6-8-22-7-4-5-9-24(22)28/h4-5,7,9-13,20H,3,6,8,14-19H2,1-2H3/t20-/m1/s1. The number of hydrogen-bond donors (Lipinski definition) is 0. The lowest BCUT2D eigenvalue weighted by atomic mass is 9.99. The van der Waals surface area contributed by atoms with Crippen molar-refractivity contribution in [1.82, 2.24) is 9.21 Å². The van der Waals surface area contributed by atoms with Crippen LogP contribution in [0, 0.1) is 0 Å². The first-order valence-corrected chi connectivity index (χ1v) is 13.0. The molecule has 1 amide bonds. The molecule has 172 valence electrons. The van der Waals surface area contributed by atoms with Crippen molar-refractivity contribution < 1.29 is 13.2 Å². The van der Waals surface area contributed by atoms with Gasteiger partial charge in [-0.25, -0.2) is 8.42 Å². The minimum atomic E-state index is -3.51. The molecule has 7 heteroatoms. The smallest absolute Gasteiger partial charge is 0.243 e. The summed E-state index contributed by atoms with van der Waals surface area (Å²) in [7, 11) is -3.51. The van der Waals surface area contributed by atoms with Gasteiger partial charge in [0, 0.05) is 38.4 Å². The van der Waals surface area contributed by atoms with Gasteiger partial charge in [-0.15, -0.1) is 0 Å². The van der Waals surface area contributed by atoms with E-state index in [0.29, 0.717) is 43.5 Å². The van der Waals surface area contributed by atoms with Gasteiger partial charge in [-0.2, -0.15) is 4.31 Å². The number of aryl methyl sites for hydroxylation is 1. The highest BCUT2D eigenvalue weighted by Gasteiger charge is 2.30. The highest BCUT2D eigenvalue weighted by Crippen LogP contribution is 2.27. The lowest BCUT2D eigenvalue weighted by Gasteiger charge is -2.36. The fourth-order valence-electron chi connectivity index (χ4n) is 4.55. The van der Waals surface area contributed by atoms with Crippen LogP contribution in [0.5, 0.6) is 0 Å². The van der Waals surface area contributed by atoms with E-state index in [-0.39, 0.29) is 5.91 Å². The molecule has 1 atom stereocenters. The number of anilines is 1. The van der Waals surface area contributed by atoms with Crippen LogP contribution in [0.15, 0.2) is 53.4 Å². The van der Waals surface area contributed by atoms with Gasteiger partial charge in [0.2, 0.25) is 15.9 Å². The highest BCUT2D eigenvalue weighted by molar-refractivity contribution is 7.89. The molecule has 0 radical (unpaired) electrons. The van der Waals surface area contributed by atoms with Crippen LogP contribution >= 0.6 is 0 Å². The fourth-order valence-corrected chi connectivity index (χ4v) is 5.97. The maximum Gasteiger partial charge on any atom is 0.243 e. The van der Waals surface area contributed by atoms with Crippen molar-refractivity contribution in [3.05, 3.63) is 59.7 Å². The molecule has 0 N–H and O–H groups in total. The van der Waals surface area contributed by atoms with Crippen LogP contribution in [0.1, 0.15) is 43.7 Å². The zero-order valence-corrected chi connectivity index (χ0v) is 19.9. The van der Waals surface area contributed by atoms with Crippen molar-refractivity contribution in [2.75, 3.05) is 44.2 Å². The predicted octanol–water partition coefficient (Wildman–Crippen LogP) is 3.49. The van der Waals surface area contributed by atoms with E-state index in [9.17, 15) is 13.2 Å². The summed E-state index contributed by atoms with van der Waals surface area (Å²) in [6.45, 7) is 7.27. The number of nitrogens with zero attached hydrogens (tertiary/aromatic N) is 3. The molecule has 2 aliphatic rings. The van der Waals surface area contributed by atoms with E-state index in [1.807, 2.05) is 35.2 Å². The van der Waals surface area contributed by atoms with Gasteiger partial charge in [0.15, 0.2) is 0 Å². The Hall–Kier alpha value is -2.22. The number of sulfonamides is 1. The molecule has 0 bridgehead atoms. The molecule has 0 unspecified atom stereocenters. The van der Waals surface area contributed by atoms with Crippen LogP contribution in [0.2, 0.25) is 0 Å². The van der Waals surface area contributed by atoms with Crippen molar-refractivity contribution in [2.24, 2.45) is 0 Å². The van der Waals surface area contributed by atoms with Crippen LogP contribution in [-0.2, 0) is 21.2 Å². The lowest BCUT2D eigenvalue weighted by Crippen LogP contribution is -2.52. The normalized spacial score (nSPS) is 18.9. The molecule has 0 saturated carbocycles. The van der Waals surface area contributed by atoms with E-state index in [4.69, 9.17) is 0 Å². The van der Waals surface area contributed by atoms with Crippen molar-refractivity contribution in [3.8, 4) is 0 Å². The second-order valence-corrected chi connectivity index (χ2v) is 10.8. The summed E-state index contributed by atoms with van der Waals surface area (Å²) in [4.78, 5) is 17.3. The monoisotopic (exact) mass is 455 g/mol. The molecule has 2 aliphatic heterocycles. The number of rotatable bonds is 6. The Morgan fingerprint density at radius 3 is 2.34 bits per heavy atom. The second kappa shape index (κ2) is 9.73. The molecular formula is C25H33N3O3S. The van der Waals surface area contributed by atoms with E-state index < -0.39 is 10.0 Å². The number of benzene rings is 2. The first kappa shape index (κ1) is 23.0. The van der Waals surface area contributed by atoms with Crippen LogP contribution in [0.3, 0.4) is 0 Å². The molecule has 2 heterocycles. The molecular weight excluding hydrogens is 422 g/mol. The van der Waals surface area contributed by atoms with Gasteiger partial charge in [-0.3, -0.25) is 9.69 Å². The zero-order chi connectivity index (χ0) is 22.7. The highest BCUT2D eigenvalue weighted by atomic mass is 32.2. The minimum absolute atomic E-state index is 0.0917. The average Bonchev–Trinajstić information content (AvgIpc) is 2.83. The third kappa shape index (κ3) is 4.75. The number of fused-ring (bicyclic) bond motifs is 1. The Kier molecular flexibility index (Phi) is 6.98. The third-order valence-electron chi connectivity index (χ3n) is 6.80. The topological polar surface area (TPSA) is 60.9 Å². The summed E-state index contributed by atoms with van der Waals surface area (Å²) in [5.74, 6) is 0.508. The molecule has 0 spiro atoms. The lowest BCUT2D eigenvalue weighted by molar-refractivity contribution is -0.120. The van der Waals surface area contributed by atoms with Crippen LogP contribution in [0.4, 0.5) is 5.69 Å². The first-order valence-electron chi connectivity index (χ1n) is 11.6. The van der Waals surface area contributed by atoms with Gasteiger partial charge in [-0.05, 0) is 54.5 Å². The van der Waals surface area contributed by atoms with Gasteiger partial charge >= 0.3 is 0 Å². The summed E-state index contributed by atoms with van der Waals surface area (Å²) in [6, 6.07) is 15.4. The van der Waals surface area contributed by atoms with Crippen LogP contribution in [0.25, 0.3) is 0 Å². The Morgan fingerprint density at radius 1 is 0.969 bits per heavy atom. The molecule has 2 aromatic carbocycles. The maximum absolute atomic E-state index is 13.1. The second-order valence-electron chi connectivity index (χ2n) is 8.84. The Labute approximate surface area is 191 Å². The van der Waals surface area contributed by atoms with E-state index in [0.717, 1.165) is 37.1 Å². The summed E-state index contributed by atoms with van der Waals surface area (Å²) in [6.07, 6.45) is 3.01. The summed E-state index contributed by atoms with van der Waals surface area (Å²) in [5, 5.41) is 0. The van der Waals surface area contributed by atoms with E-state index >= 15 is 0 Å². The number of carbonyl (C=O) groups is 1. The zero-order valence-electron chi connectivity index (χ0n) is 19.0. The Bertz CT molecular complexity index is 1040. The van der Waals surface area contributed by atoms with Crippen molar-refractivity contribution >= 4 is 21.6 Å². The van der Waals surface area contributed by atoms with Crippen LogP contribution < -0.4 is 4.90 Å². The number of carbonyl (C=O) groups excluding carboxylic acids is 1. The SMILES string of the molecule is CC[C@@H](C)c1ccc(S(=O)(=O)N2CCN(CC(=O)N3CCCc4ccccc43)CC2)cc1. The Balaban J connectivity index is 1.35. The summed E-state index contributed by atoms with van der Waals surface area (Å²) < 4.78 is 27.7. The third-order valence-corrected chi connectivity index (χ3v) is 8.71. The Morgan fingerprint density at radius 2 is 1.66 bits per heavy atom. The van der Waals surface area contributed by atoms with E-state index in [2.05, 4.69) is 24.8 Å². The number of piperazine rings is 1. The van der Waals surface area contributed by atoms with Gasteiger partial charge in [0.25, 0.3) is 0 Å². The maximum atomic E-state index is 13.1. The molecule has 1 saturated heterocycles. The van der Waals surface area contributed by atoms with Crippen LogP contribution in [-0.4, -0.2) is 62.8 Å². The minimum Gasteiger partial charge on any atom is -0.311 e. The fraction of sp³-hybridized carbons (Fsp3) is 0.480. The van der Waals surface area contributed by atoms with Gasteiger partial charge < -0.3 is 4.90 Å². The number of para-hydroxylation sites is 1. The largest absolute Gasteiger partial charge is 0.311 e. The molecule has 32 heavy (non-hydrogen) atoms. The van der Waals surface area contributed by atoms with Crippen molar-refractivity contribution in [1.29, 1.82) is 0 Å². The predicted molar refractivity (Wildman–Crippen MR) is 127 cm³/mol. The molecule has 1 fully saturated rings. The molecule has 2 aromatic rings. The quantitative estimate of drug-likeness (QED) is 0.669. The summed E-state index contributed by atoms with van der Waals surface area (Å²) >= 11 is 0. The van der Waals surface area contributed by atoms with Gasteiger partial charge in [0.05, 0.1) is 11.4 Å². The molecule has 0 aromatic heterocycles. The molecule has 0 aliphatic carbocycles. The number of amides is 1. The first-order chi connectivity index (χ1) is 15.4. The average molecular weight is 456 g/mol. The number of hydrogen-bond acceptors (Lipinski definition) is 4.